The van der Waals surface area contributed by atoms with Crippen LogP contribution in [0, 0.1) is 0 Å². The standard InChI is InChI=1S/C10H17N3S.C2H2O4/c1-2-5-12-7-3-4-8-9(6-7)14-10(11)13-8;3-1(4)2(5)6/h7,12H,2-6H2,1H3,(H2,11,13);(H,3,4)(H,5,6)/t7-;/m0./s1. The Bertz CT molecular complexity index is 463. The molecule has 1 atom stereocenters. The number of hydrogen-bond acceptors (Lipinski definition) is 6. The van der Waals surface area contributed by atoms with Crippen molar-refractivity contribution in [1.82, 2.24) is 10.3 Å². The van der Waals surface area contributed by atoms with Crippen molar-refractivity contribution in [1.29, 1.82) is 0 Å². The van der Waals surface area contributed by atoms with Crippen molar-refractivity contribution in [3.05, 3.63) is 10.6 Å². The molecule has 1 aliphatic rings. The van der Waals surface area contributed by atoms with Crippen LogP contribution < -0.4 is 11.1 Å². The van der Waals surface area contributed by atoms with E-state index in [9.17, 15) is 0 Å². The van der Waals surface area contributed by atoms with Crippen molar-refractivity contribution >= 4 is 28.4 Å². The summed E-state index contributed by atoms with van der Waals surface area (Å²) in [5.74, 6) is -3.65. The first kappa shape index (κ1) is 16.4. The number of anilines is 1. The Balaban J connectivity index is 0.000000286. The van der Waals surface area contributed by atoms with Crippen molar-refractivity contribution in [2.75, 3.05) is 12.3 Å². The summed E-state index contributed by atoms with van der Waals surface area (Å²) in [6.07, 6.45) is 4.61. The number of nitrogens with one attached hydrogen (secondary N) is 1. The maximum atomic E-state index is 9.10. The lowest BCUT2D eigenvalue weighted by Crippen LogP contribution is -2.34. The largest absolute Gasteiger partial charge is 0.473 e. The highest BCUT2D eigenvalue weighted by Gasteiger charge is 2.21. The van der Waals surface area contributed by atoms with Crippen LogP contribution in [0.15, 0.2) is 0 Å². The van der Waals surface area contributed by atoms with Gasteiger partial charge in [0.1, 0.15) is 0 Å². The lowest BCUT2D eigenvalue weighted by molar-refractivity contribution is -0.159. The van der Waals surface area contributed by atoms with Gasteiger partial charge in [0.15, 0.2) is 5.13 Å². The second-order valence-electron chi connectivity index (χ2n) is 4.43. The number of aliphatic carboxylic acids is 2. The highest BCUT2D eigenvalue weighted by molar-refractivity contribution is 7.15. The van der Waals surface area contributed by atoms with Crippen molar-refractivity contribution in [3.63, 3.8) is 0 Å². The van der Waals surface area contributed by atoms with Crippen molar-refractivity contribution in [3.8, 4) is 0 Å². The normalized spacial score (nSPS) is 16.8. The van der Waals surface area contributed by atoms with Gasteiger partial charge in [-0.1, -0.05) is 6.92 Å². The van der Waals surface area contributed by atoms with Gasteiger partial charge in [-0.25, -0.2) is 14.6 Å². The number of thiazole rings is 1. The first-order valence-electron chi connectivity index (χ1n) is 6.37. The van der Waals surface area contributed by atoms with E-state index in [0.29, 0.717) is 6.04 Å². The summed E-state index contributed by atoms with van der Waals surface area (Å²) in [7, 11) is 0. The van der Waals surface area contributed by atoms with Crippen molar-refractivity contribution in [2.45, 2.75) is 38.6 Å². The van der Waals surface area contributed by atoms with E-state index in [1.54, 1.807) is 11.3 Å². The first-order valence-corrected chi connectivity index (χ1v) is 7.19. The summed E-state index contributed by atoms with van der Waals surface area (Å²) in [6, 6.07) is 0.641. The second kappa shape index (κ2) is 7.81. The van der Waals surface area contributed by atoms with Gasteiger partial charge in [0, 0.05) is 10.9 Å². The van der Waals surface area contributed by atoms with E-state index in [1.807, 2.05) is 0 Å². The molecule has 1 aliphatic carbocycles. The number of carboxylic acid groups (broad SMARTS) is 2. The summed E-state index contributed by atoms with van der Waals surface area (Å²) < 4.78 is 0. The molecule has 0 fully saturated rings. The number of fused-ring (bicyclic) bond motifs is 1. The number of nitrogens with zero attached hydrogens (tertiary/aromatic N) is 1. The van der Waals surface area contributed by atoms with Crippen LogP contribution in [-0.2, 0) is 22.4 Å². The molecule has 7 nitrogen and oxygen atoms in total. The van der Waals surface area contributed by atoms with E-state index in [-0.39, 0.29) is 0 Å². The Morgan fingerprint density at radius 3 is 2.65 bits per heavy atom. The van der Waals surface area contributed by atoms with Crippen LogP contribution in [-0.4, -0.2) is 39.7 Å². The Labute approximate surface area is 120 Å². The molecular formula is C12H19N3O4S. The van der Waals surface area contributed by atoms with Gasteiger partial charge in [0.05, 0.1) is 5.69 Å². The average Bonchev–Trinajstić information content (AvgIpc) is 2.76. The molecule has 0 amide bonds. The molecule has 112 valence electrons. The van der Waals surface area contributed by atoms with Gasteiger partial charge < -0.3 is 21.3 Å². The van der Waals surface area contributed by atoms with Gasteiger partial charge in [-0.3, -0.25) is 0 Å². The van der Waals surface area contributed by atoms with Gasteiger partial charge in [0.25, 0.3) is 0 Å². The third-order valence-electron chi connectivity index (χ3n) is 2.82. The molecule has 5 N–H and O–H groups in total. The Morgan fingerprint density at radius 1 is 1.45 bits per heavy atom. The number of nitrogen functional groups attached to an aromatic ring is 1. The van der Waals surface area contributed by atoms with Crippen LogP contribution in [0.2, 0.25) is 0 Å². The minimum Gasteiger partial charge on any atom is -0.473 e. The molecule has 1 heterocycles. The monoisotopic (exact) mass is 301 g/mol. The van der Waals surface area contributed by atoms with Crippen LogP contribution in [0.1, 0.15) is 30.3 Å². The zero-order chi connectivity index (χ0) is 15.1. The fraction of sp³-hybridized carbons (Fsp3) is 0.583. The molecule has 0 spiro atoms. The van der Waals surface area contributed by atoms with Gasteiger partial charge in [0.2, 0.25) is 0 Å². The van der Waals surface area contributed by atoms with E-state index in [0.717, 1.165) is 24.5 Å². The van der Waals surface area contributed by atoms with Gasteiger partial charge in [-0.2, -0.15) is 0 Å². The zero-order valence-corrected chi connectivity index (χ0v) is 12.1. The number of carboxylic acids is 2. The Morgan fingerprint density at radius 2 is 2.10 bits per heavy atom. The zero-order valence-electron chi connectivity index (χ0n) is 11.3. The third-order valence-corrected chi connectivity index (χ3v) is 3.77. The Hall–Kier alpha value is -1.67. The molecule has 0 aromatic carbocycles. The average molecular weight is 301 g/mol. The minimum atomic E-state index is -1.82. The molecule has 0 radical (unpaired) electrons. The fourth-order valence-electron chi connectivity index (χ4n) is 1.92. The van der Waals surface area contributed by atoms with Crippen molar-refractivity contribution < 1.29 is 19.8 Å². The maximum absolute atomic E-state index is 9.10. The molecule has 0 aliphatic heterocycles. The number of nitrogens with two attached hydrogens (primary N) is 1. The fourth-order valence-corrected chi connectivity index (χ4v) is 2.88. The number of hydrogen-bond donors (Lipinski definition) is 4. The lowest BCUT2D eigenvalue weighted by Gasteiger charge is -2.21. The number of aromatic nitrogens is 1. The Kier molecular flexibility index (Phi) is 6.40. The number of carbonyl (C=O) groups is 2. The molecule has 20 heavy (non-hydrogen) atoms. The number of aryl methyl sites for hydroxylation is 1. The molecular weight excluding hydrogens is 282 g/mol. The second-order valence-corrected chi connectivity index (χ2v) is 5.54. The quantitative estimate of drug-likeness (QED) is 0.606. The van der Waals surface area contributed by atoms with E-state index in [1.165, 1.54) is 23.4 Å². The predicted molar refractivity (Wildman–Crippen MR) is 75.9 cm³/mol. The van der Waals surface area contributed by atoms with Crippen molar-refractivity contribution in [2.24, 2.45) is 0 Å². The van der Waals surface area contributed by atoms with E-state index in [4.69, 9.17) is 25.5 Å². The molecule has 0 bridgehead atoms. The highest BCUT2D eigenvalue weighted by atomic mass is 32.1. The molecule has 0 unspecified atom stereocenters. The molecule has 0 saturated carbocycles. The molecule has 1 aromatic heterocycles. The number of rotatable bonds is 3. The topological polar surface area (TPSA) is 126 Å². The first-order chi connectivity index (χ1) is 9.43. The maximum Gasteiger partial charge on any atom is 0.414 e. The molecule has 2 rings (SSSR count). The van der Waals surface area contributed by atoms with Crippen LogP contribution in [0.4, 0.5) is 5.13 Å². The van der Waals surface area contributed by atoms with Gasteiger partial charge in [-0.15, -0.1) is 11.3 Å². The molecule has 8 heteroatoms. The summed E-state index contributed by atoms with van der Waals surface area (Å²) in [4.78, 5) is 23.9. The van der Waals surface area contributed by atoms with Crippen LogP contribution in [0.25, 0.3) is 0 Å². The van der Waals surface area contributed by atoms with Gasteiger partial charge in [-0.05, 0) is 32.2 Å². The van der Waals surface area contributed by atoms with Gasteiger partial charge >= 0.3 is 11.9 Å². The van der Waals surface area contributed by atoms with Crippen LogP contribution in [0.5, 0.6) is 0 Å². The van der Waals surface area contributed by atoms with E-state index < -0.39 is 11.9 Å². The summed E-state index contributed by atoms with van der Waals surface area (Å²) in [5.41, 5.74) is 6.93. The predicted octanol–water partition coefficient (Wildman–Crippen LogP) is 0.738. The van der Waals surface area contributed by atoms with Crippen LogP contribution in [0.3, 0.4) is 0 Å². The van der Waals surface area contributed by atoms with E-state index in [2.05, 4.69) is 17.2 Å². The minimum absolute atomic E-state index is 0.641. The molecule has 0 saturated heterocycles. The van der Waals surface area contributed by atoms with E-state index >= 15 is 0 Å². The smallest absolute Gasteiger partial charge is 0.414 e. The lowest BCUT2D eigenvalue weighted by atomic mass is 9.98. The molecule has 1 aromatic rings. The third kappa shape index (κ3) is 5.14. The summed E-state index contributed by atoms with van der Waals surface area (Å²) in [6.45, 7) is 3.32. The van der Waals surface area contributed by atoms with Crippen LogP contribution >= 0.6 is 11.3 Å². The summed E-state index contributed by atoms with van der Waals surface area (Å²) >= 11 is 1.65. The summed E-state index contributed by atoms with van der Waals surface area (Å²) in [5, 5.41) is 19.1. The highest BCUT2D eigenvalue weighted by Crippen LogP contribution is 2.27. The SMILES string of the molecule is CCCN[C@H]1CCc2nc(N)sc2C1.O=C(O)C(=O)O.